The van der Waals surface area contributed by atoms with Crippen LogP contribution in [0.25, 0.3) is 0 Å². The van der Waals surface area contributed by atoms with Crippen molar-refractivity contribution >= 4 is 39.1 Å². The molecule has 3 aromatic rings. The molecule has 0 aromatic heterocycles. The number of amides is 2. The minimum atomic E-state index is -4.14. The molecule has 9 heteroatoms. The zero-order chi connectivity index (χ0) is 28.8. The van der Waals surface area contributed by atoms with Crippen LogP contribution in [0, 0.1) is 6.92 Å². The predicted molar refractivity (Wildman–Crippen MR) is 156 cm³/mol. The van der Waals surface area contributed by atoms with Crippen LogP contribution in [0.1, 0.15) is 45.2 Å². The summed E-state index contributed by atoms with van der Waals surface area (Å²) >= 11 is 5.99. The van der Waals surface area contributed by atoms with Gasteiger partial charge in [0, 0.05) is 17.1 Å². The van der Waals surface area contributed by atoms with Crippen LogP contribution in [-0.4, -0.2) is 43.3 Å². The first-order valence-corrected chi connectivity index (χ1v) is 14.6. The highest BCUT2D eigenvalue weighted by molar-refractivity contribution is 7.92. The van der Waals surface area contributed by atoms with E-state index in [1.54, 1.807) is 30.3 Å². The van der Waals surface area contributed by atoms with E-state index in [4.69, 9.17) is 11.6 Å². The van der Waals surface area contributed by atoms with Gasteiger partial charge in [-0.15, -0.1) is 0 Å². The number of nitrogens with zero attached hydrogens (tertiary/aromatic N) is 2. The second-order valence-corrected chi connectivity index (χ2v) is 12.7. The number of carbonyl (C=O) groups is 2. The van der Waals surface area contributed by atoms with Crippen molar-refractivity contribution in [3.8, 4) is 0 Å². The third-order valence-electron chi connectivity index (χ3n) is 6.21. The number of hydrogen-bond donors (Lipinski definition) is 1. The lowest BCUT2D eigenvalue weighted by molar-refractivity contribution is -0.141. The number of para-hydroxylation sites is 1. The lowest BCUT2D eigenvalue weighted by Gasteiger charge is -2.35. The Morgan fingerprint density at radius 3 is 2.08 bits per heavy atom. The van der Waals surface area contributed by atoms with Crippen molar-refractivity contribution in [2.75, 3.05) is 10.8 Å². The fourth-order valence-corrected chi connectivity index (χ4v) is 5.74. The Bertz CT molecular complexity index is 1390. The van der Waals surface area contributed by atoms with Gasteiger partial charge in [0.05, 0.1) is 10.6 Å². The molecule has 0 saturated heterocycles. The van der Waals surface area contributed by atoms with E-state index in [-0.39, 0.29) is 17.3 Å². The van der Waals surface area contributed by atoms with Crippen molar-refractivity contribution in [1.82, 2.24) is 10.2 Å². The Balaban J connectivity index is 2.06. The molecule has 3 aromatic carbocycles. The molecular weight excluding hydrogens is 534 g/mol. The van der Waals surface area contributed by atoms with E-state index >= 15 is 0 Å². The predicted octanol–water partition coefficient (Wildman–Crippen LogP) is 5.57. The Kier molecular flexibility index (Phi) is 9.80. The normalized spacial score (nSPS) is 12.5. The van der Waals surface area contributed by atoms with Gasteiger partial charge in [-0.3, -0.25) is 13.9 Å². The number of nitrogens with one attached hydrogen (secondary N) is 1. The summed E-state index contributed by atoms with van der Waals surface area (Å²) in [5, 5.41) is 3.37. The van der Waals surface area contributed by atoms with Gasteiger partial charge in [-0.25, -0.2) is 8.42 Å². The second kappa shape index (κ2) is 12.7. The van der Waals surface area contributed by atoms with Gasteiger partial charge in [-0.05, 0) is 81.6 Å². The number of halogens is 1. The number of anilines is 1. The lowest BCUT2D eigenvalue weighted by Crippen LogP contribution is -2.55. The Labute approximate surface area is 236 Å². The molecule has 0 fully saturated rings. The minimum Gasteiger partial charge on any atom is -0.350 e. The minimum absolute atomic E-state index is 0.00604. The summed E-state index contributed by atoms with van der Waals surface area (Å²) < 4.78 is 28.7. The molecular formula is C30H36ClN3O4S. The van der Waals surface area contributed by atoms with Gasteiger partial charge in [0.1, 0.15) is 12.6 Å². The maximum absolute atomic E-state index is 14.1. The molecule has 0 saturated carbocycles. The summed E-state index contributed by atoms with van der Waals surface area (Å²) in [6, 6.07) is 21.1. The van der Waals surface area contributed by atoms with Crippen molar-refractivity contribution in [1.29, 1.82) is 0 Å². The highest BCUT2D eigenvalue weighted by Gasteiger charge is 2.34. The van der Waals surface area contributed by atoms with E-state index in [9.17, 15) is 18.0 Å². The van der Waals surface area contributed by atoms with E-state index < -0.39 is 34.1 Å². The molecule has 1 atom stereocenters. The average Bonchev–Trinajstić information content (AvgIpc) is 2.87. The Hall–Kier alpha value is -3.36. The van der Waals surface area contributed by atoms with Crippen LogP contribution in [0.15, 0.2) is 83.8 Å². The van der Waals surface area contributed by atoms with E-state index in [0.717, 1.165) is 15.4 Å². The van der Waals surface area contributed by atoms with Crippen LogP contribution in [0.3, 0.4) is 0 Å². The molecule has 0 aliphatic rings. The van der Waals surface area contributed by atoms with Crippen LogP contribution in [0.5, 0.6) is 0 Å². The summed E-state index contributed by atoms with van der Waals surface area (Å²) in [4.78, 5) is 28.9. The van der Waals surface area contributed by atoms with Gasteiger partial charge in [0.2, 0.25) is 11.8 Å². The first-order valence-electron chi connectivity index (χ1n) is 12.8. The summed E-state index contributed by atoms with van der Waals surface area (Å²) in [7, 11) is -4.14. The van der Waals surface area contributed by atoms with Crippen LogP contribution < -0.4 is 9.62 Å². The summed E-state index contributed by atoms with van der Waals surface area (Å²) in [6.07, 6.45) is 0.356. The molecule has 2 amide bonds. The highest BCUT2D eigenvalue weighted by Crippen LogP contribution is 2.26. The number of aryl methyl sites for hydroxylation is 1. The maximum atomic E-state index is 14.1. The number of benzene rings is 3. The molecule has 0 radical (unpaired) electrons. The topological polar surface area (TPSA) is 86.8 Å². The number of hydrogen-bond acceptors (Lipinski definition) is 4. The molecule has 0 aliphatic carbocycles. The van der Waals surface area contributed by atoms with E-state index in [2.05, 4.69) is 5.32 Å². The number of rotatable bonds is 10. The molecule has 3 rings (SSSR count). The maximum Gasteiger partial charge on any atom is 0.264 e. The van der Waals surface area contributed by atoms with Gasteiger partial charge < -0.3 is 10.2 Å². The van der Waals surface area contributed by atoms with Crippen molar-refractivity contribution in [2.24, 2.45) is 0 Å². The molecule has 0 spiro atoms. The monoisotopic (exact) mass is 569 g/mol. The fraction of sp³-hybridized carbons (Fsp3) is 0.333. The van der Waals surface area contributed by atoms with Gasteiger partial charge in [0.15, 0.2) is 0 Å². The number of carbonyl (C=O) groups excluding carboxylic acids is 2. The third kappa shape index (κ3) is 7.83. The van der Waals surface area contributed by atoms with E-state index in [1.165, 1.54) is 29.2 Å². The standard InChI is InChI=1S/C30H36ClN3O4S/c1-6-27(29(36)32-30(3,4)5)33(20-23-13-11-10-12-22(23)2)28(35)21-34(25-14-8-7-9-15-25)39(37,38)26-18-16-24(31)17-19-26/h7-19,27H,6,20-21H2,1-5H3,(H,32,36). The largest absolute Gasteiger partial charge is 0.350 e. The van der Waals surface area contributed by atoms with Gasteiger partial charge in [0.25, 0.3) is 10.0 Å². The van der Waals surface area contributed by atoms with Crippen LogP contribution in [-0.2, 0) is 26.2 Å². The molecule has 208 valence electrons. The van der Waals surface area contributed by atoms with Gasteiger partial charge >= 0.3 is 0 Å². The number of sulfonamides is 1. The van der Waals surface area contributed by atoms with E-state index in [1.807, 2.05) is 58.9 Å². The molecule has 39 heavy (non-hydrogen) atoms. The first kappa shape index (κ1) is 30.2. The Morgan fingerprint density at radius 2 is 1.51 bits per heavy atom. The van der Waals surface area contributed by atoms with Crippen LogP contribution >= 0.6 is 11.6 Å². The molecule has 7 nitrogen and oxygen atoms in total. The fourth-order valence-electron chi connectivity index (χ4n) is 4.20. The molecule has 0 aliphatic heterocycles. The summed E-state index contributed by atoms with van der Waals surface area (Å²) in [5.41, 5.74) is 1.68. The van der Waals surface area contributed by atoms with Crippen LogP contribution in [0.2, 0.25) is 5.02 Å². The smallest absolute Gasteiger partial charge is 0.264 e. The lowest BCUT2D eigenvalue weighted by atomic mass is 10.0. The van der Waals surface area contributed by atoms with Crippen molar-refractivity contribution in [2.45, 2.75) is 64.1 Å². The summed E-state index contributed by atoms with van der Waals surface area (Å²) in [6.45, 7) is 9.08. The van der Waals surface area contributed by atoms with E-state index in [0.29, 0.717) is 17.1 Å². The van der Waals surface area contributed by atoms with Crippen molar-refractivity contribution < 1.29 is 18.0 Å². The molecule has 1 N–H and O–H groups in total. The zero-order valence-electron chi connectivity index (χ0n) is 23.0. The average molecular weight is 570 g/mol. The highest BCUT2D eigenvalue weighted by atomic mass is 35.5. The molecule has 0 heterocycles. The first-order chi connectivity index (χ1) is 18.3. The molecule has 0 bridgehead atoms. The molecule has 1 unspecified atom stereocenters. The van der Waals surface area contributed by atoms with Crippen molar-refractivity contribution in [3.05, 3.63) is 95.0 Å². The van der Waals surface area contributed by atoms with Gasteiger partial charge in [-0.1, -0.05) is 61.0 Å². The van der Waals surface area contributed by atoms with Crippen molar-refractivity contribution in [3.63, 3.8) is 0 Å². The zero-order valence-corrected chi connectivity index (χ0v) is 24.6. The Morgan fingerprint density at radius 1 is 0.923 bits per heavy atom. The van der Waals surface area contributed by atoms with Gasteiger partial charge in [-0.2, -0.15) is 0 Å². The quantitative estimate of drug-likeness (QED) is 0.346. The second-order valence-electron chi connectivity index (χ2n) is 10.4. The van der Waals surface area contributed by atoms with Crippen LogP contribution in [0.4, 0.5) is 5.69 Å². The summed E-state index contributed by atoms with van der Waals surface area (Å²) in [5.74, 6) is -0.783. The third-order valence-corrected chi connectivity index (χ3v) is 8.25. The SMILES string of the molecule is CCC(C(=O)NC(C)(C)C)N(Cc1ccccc1C)C(=O)CN(c1ccccc1)S(=O)(=O)c1ccc(Cl)cc1.